The van der Waals surface area contributed by atoms with Gasteiger partial charge in [0.05, 0.1) is 21.0 Å². The number of benzene rings is 2. The summed E-state index contributed by atoms with van der Waals surface area (Å²) in [5.41, 5.74) is 0.578. The molecule has 0 saturated heterocycles. The fourth-order valence-corrected chi connectivity index (χ4v) is 4.42. The van der Waals surface area contributed by atoms with Gasteiger partial charge in [0.1, 0.15) is 0 Å². The number of H-pyrrole nitrogens is 1. The number of hydrogen-bond acceptors (Lipinski definition) is 5. The predicted octanol–water partition coefficient (Wildman–Crippen LogP) is 2.42. The number of hydrogen-bond donors (Lipinski definition) is 2. The van der Waals surface area contributed by atoms with Gasteiger partial charge < -0.3 is 0 Å². The van der Waals surface area contributed by atoms with E-state index in [1.54, 1.807) is 6.07 Å². The highest BCUT2D eigenvalue weighted by Gasteiger charge is 2.20. The lowest BCUT2D eigenvalue weighted by Gasteiger charge is -2.11. The topological polar surface area (TPSA) is 109 Å². The number of para-hydroxylation sites is 1. The molecule has 7 nitrogen and oxygen atoms in total. The van der Waals surface area contributed by atoms with Crippen molar-refractivity contribution in [2.75, 3.05) is 11.0 Å². The van der Waals surface area contributed by atoms with Gasteiger partial charge in [-0.3, -0.25) is 9.82 Å². The van der Waals surface area contributed by atoms with Crippen LogP contribution in [-0.2, 0) is 19.9 Å². The summed E-state index contributed by atoms with van der Waals surface area (Å²) in [4.78, 5) is -0.155. The lowest BCUT2D eigenvalue weighted by Crippen LogP contribution is -2.15. The molecule has 0 fully saturated rings. The first-order valence-electron chi connectivity index (χ1n) is 6.64. The molecule has 24 heavy (non-hydrogen) atoms. The highest BCUT2D eigenvalue weighted by atomic mass is 35.5. The van der Waals surface area contributed by atoms with Crippen LogP contribution in [0.4, 0.5) is 5.69 Å². The maximum Gasteiger partial charge on any atom is 0.261 e. The third kappa shape index (κ3) is 3.10. The number of nitrogens with zero attached hydrogens (tertiary/aromatic N) is 1. The number of halogens is 1. The van der Waals surface area contributed by atoms with Crippen LogP contribution in [0.2, 0.25) is 5.15 Å². The van der Waals surface area contributed by atoms with Crippen molar-refractivity contribution in [2.45, 2.75) is 9.79 Å². The van der Waals surface area contributed by atoms with Crippen LogP contribution in [0.15, 0.2) is 52.3 Å². The standard InChI is InChI=1S/C14H12ClN3O4S2/c1-23(19,20)13-5-3-2-4-12(13)18-24(21,22)9-6-7-11-10(8-9)14(15)17-16-11/h2-8,18H,1H3,(H,16,17). The molecule has 2 N–H and O–H groups in total. The lowest BCUT2D eigenvalue weighted by atomic mass is 10.3. The minimum absolute atomic E-state index is 0.0154. The van der Waals surface area contributed by atoms with E-state index in [0.717, 1.165) is 6.26 Å². The molecule has 1 heterocycles. The number of sulfonamides is 1. The van der Waals surface area contributed by atoms with E-state index in [9.17, 15) is 16.8 Å². The van der Waals surface area contributed by atoms with E-state index in [1.807, 2.05) is 0 Å². The highest BCUT2D eigenvalue weighted by molar-refractivity contribution is 7.93. The Morgan fingerprint density at radius 2 is 1.79 bits per heavy atom. The molecular weight excluding hydrogens is 374 g/mol. The van der Waals surface area contributed by atoms with Gasteiger partial charge in [-0.2, -0.15) is 5.10 Å². The maximum absolute atomic E-state index is 12.6. The van der Waals surface area contributed by atoms with E-state index in [4.69, 9.17) is 11.6 Å². The molecule has 3 rings (SSSR count). The Balaban J connectivity index is 2.07. The largest absolute Gasteiger partial charge is 0.278 e. The summed E-state index contributed by atoms with van der Waals surface area (Å²) in [6.07, 6.45) is 1.01. The third-order valence-electron chi connectivity index (χ3n) is 3.33. The molecule has 0 amide bonds. The fraction of sp³-hybridized carbons (Fsp3) is 0.0714. The number of anilines is 1. The van der Waals surface area contributed by atoms with Crippen molar-refractivity contribution >= 4 is 48.1 Å². The molecule has 0 unspecified atom stereocenters. The molecule has 0 saturated carbocycles. The molecule has 0 radical (unpaired) electrons. The normalized spacial score (nSPS) is 12.4. The lowest BCUT2D eigenvalue weighted by molar-refractivity contribution is 0.601. The monoisotopic (exact) mass is 385 g/mol. The maximum atomic E-state index is 12.6. The van der Waals surface area contributed by atoms with Crippen molar-refractivity contribution in [1.29, 1.82) is 0 Å². The smallest absolute Gasteiger partial charge is 0.261 e. The van der Waals surface area contributed by atoms with Gasteiger partial charge in [-0.25, -0.2) is 16.8 Å². The van der Waals surface area contributed by atoms with Crippen LogP contribution in [0.3, 0.4) is 0 Å². The summed E-state index contributed by atoms with van der Waals surface area (Å²) in [5.74, 6) is 0. The van der Waals surface area contributed by atoms with Crippen molar-refractivity contribution in [2.24, 2.45) is 0 Å². The van der Waals surface area contributed by atoms with Crippen LogP contribution in [0.25, 0.3) is 10.9 Å². The Bertz CT molecular complexity index is 1140. The van der Waals surface area contributed by atoms with E-state index in [2.05, 4.69) is 14.9 Å². The number of nitrogens with one attached hydrogen (secondary N) is 2. The zero-order valence-corrected chi connectivity index (χ0v) is 14.7. The summed E-state index contributed by atoms with van der Waals surface area (Å²) in [5, 5.41) is 7.07. The van der Waals surface area contributed by atoms with Gasteiger partial charge in [0.2, 0.25) is 0 Å². The second-order valence-electron chi connectivity index (χ2n) is 5.10. The Kier molecular flexibility index (Phi) is 4.02. The SMILES string of the molecule is CS(=O)(=O)c1ccccc1NS(=O)(=O)c1ccc2[nH]nc(Cl)c2c1. The Labute approximate surface area is 143 Å². The van der Waals surface area contributed by atoms with Crippen molar-refractivity contribution in [3.63, 3.8) is 0 Å². The van der Waals surface area contributed by atoms with Crippen molar-refractivity contribution in [3.8, 4) is 0 Å². The third-order valence-corrected chi connectivity index (χ3v) is 6.14. The van der Waals surface area contributed by atoms with Crippen LogP contribution in [0.5, 0.6) is 0 Å². The Morgan fingerprint density at radius 1 is 1.08 bits per heavy atom. The molecular formula is C14H12ClN3O4S2. The average Bonchev–Trinajstić information content (AvgIpc) is 2.87. The van der Waals surface area contributed by atoms with E-state index >= 15 is 0 Å². The minimum atomic E-state index is -4.00. The van der Waals surface area contributed by atoms with Crippen LogP contribution >= 0.6 is 11.6 Å². The molecule has 0 atom stereocenters. The summed E-state index contributed by atoms with van der Waals surface area (Å²) in [6.45, 7) is 0. The molecule has 3 aromatic rings. The summed E-state index contributed by atoms with van der Waals surface area (Å²) < 4.78 is 51.1. The molecule has 0 aliphatic rings. The first-order valence-corrected chi connectivity index (χ1v) is 10.4. The zero-order chi connectivity index (χ0) is 17.5. The Hall–Kier alpha value is -2.10. The quantitative estimate of drug-likeness (QED) is 0.716. The van der Waals surface area contributed by atoms with Gasteiger partial charge in [0.15, 0.2) is 15.0 Å². The van der Waals surface area contributed by atoms with Crippen LogP contribution in [0, 0.1) is 0 Å². The fourth-order valence-electron chi connectivity index (χ4n) is 2.21. The van der Waals surface area contributed by atoms with Gasteiger partial charge >= 0.3 is 0 Å². The van der Waals surface area contributed by atoms with Gasteiger partial charge in [0, 0.05) is 11.6 Å². The average molecular weight is 386 g/mol. The number of aromatic nitrogens is 2. The zero-order valence-electron chi connectivity index (χ0n) is 12.3. The summed E-state index contributed by atoms with van der Waals surface area (Å²) in [6, 6.07) is 10.1. The Morgan fingerprint density at radius 3 is 2.50 bits per heavy atom. The van der Waals surface area contributed by atoms with Gasteiger partial charge in [-0.1, -0.05) is 23.7 Å². The number of rotatable bonds is 4. The van der Waals surface area contributed by atoms with Crippen LogP contribution < -0.4 is 4.72 Å². The summed E-state index contributed by atoms with van der Waals surface area (Å²) in [7, 11) is -7.58. The predicted molar refractivity (Wildman–Crippen MR) is 91.5 cm³/mol. The van der Waals surface area contributed by atoms with E-state index in [-0.39, 0.29) is 20.6 Å². The van der Waals surface area contributed by atoms with E-state index in [1.165, 1.54) is 36.4 Å². The second-order valence-corrected chi connectivity index (χ2v) is 9.12. The van der Waals surface area contributed by atoms with E-state index < -0.39 is 19.9 Å². The molecule has 1 aromatic heterocycles. The number of fused-ring (bicyclic) bond motifs is 1. The molecule has 0 aliphatic heterocycles. The molecule has 0 aliphatic carbocycles. The molecule has 0 bridgehead atoms. The number of sulfone groups is 1. The van der Waals surface area contributed by atoms with Crippen molar-refractivity contribution in [3.05, 3.63) is 47.6 Å². The first-order chi connectivity index (χ1) is 11.2. The molecule has 126 valence electrons. The van der Waals surface area contributed by atoms with E-state index in [0.29, 0.717) is 10.9 Å². The van der Waals surface area contributed by atoms with Crippen molar-refractivity contribution in [1.82, 2.24) is 10.2 Å². The van der Waals surface area contributed by atoms with Crippen LogP contribution in [0.1, 0.15) is 0 Å². The first kappa shape index (κ1) is 16.7. The highest BCUT2D eigenvalue weighted by Crippen LogP contribution is 2.27. The van der Waals surface area contributed by atoms with Crippen LogP contribution in [-0.4, -0.2) is 33.3 Å². The molecule has 2 aromatic carbocycles. The molecule has 10 heteroatoms. The molecule has 0 spiro atoms. The van der Waals surface area contributed by atoms with Gasteiger partial charge in [-0.15, -0.1) is 0 Å². The van der Waals surface area contributed by atoms with Gasteiger partial charge in [0.25, 0.3) is 10.0 Å². The number of aromatic amines is 1. The minimum Gasteiger partial charge on any atom is -0.278 e. The van der Waals surface area contributed by atoms with Gasteiger partial charge in [-0.05, 0) is 30.3 Å². The van der Waals surface area contributed by atoms with Crippen molar-refractivity contribution < 1.29 is 16.8 Å². The summed E-state index contributed by atoms with van der Waals surface area (Å²) >= 11 is 5.90. The second kappa shape index (κ2) is 5.76.